The number of anilines is 1. The van der Waals surface area contributed by atoms with Gasteiger partial charge in [-0.3, -0.25) is 4.57 Å². The third-order valence-electron chi connectivity index (χ3n) is 2.02. The van der Waals surface area contributed by atoms with Crippen LogP contribution in [0.15, 0.2) is 12.7 Å². The van der Waals surface area contributed by atoms with Crippen LogP contribution in [-0.4, -0.2) is 37.3 Å². The maximum atomic E-state index is 9.04. The van der Waals surface area contributed by atoms with Crippen LogP contribution in [0.5, 0.6) is 0 Å². The Morgan fingerprint density at radius 1 is 1.50 bits per heavy atom. The van der Waals surface area contributed by atoms with Crippen LogP contribution in [0.1, 0.15) is 6.92 Å². The second-order valence-electron chi connectivity index (χ2n) is 3.49. The number of rotatable bonds is 4. The number of aromatic nitrogens is 4. The van der Waals surface area contributed by atoms with E-state index in [0.717, 1.165) is 0 Å². The summed E-state index contributed by atoms with van der Waals surface area (Å²) in [5.41, 5.74) is 6.82. The van der Waals surface area contributed by atoms with E-state index < -0.39 is 6.10 Å². The predicted octanol–water partition coefficient (Wildman–Crippen LogP) is -0.237. The number of nitrogens with two attached hydrogens (primary N) is 1. The van der Waals surface area contributed by atoms with Crippen molar-refractivity contribution in [1.82, 2.24) is 19.5 Å². The molecule has 0 bridgehead atoms. The summed E-state index contributed by atoms with van der Waals surface area (Å²) in [6.07, 6.45) is 2.47. The Bertz CT molecular complexity index is 482. The SMILES string of the molecule is CC(O)COCn1cnc2c(N)ncnc21. The molecular weight excluding hydrogens is 210 g/mol. The third-order valence-corrected chi connectivity index (χ3v) is 2.02. The van der Waals surface area contributed by atoms with Crippen molar-refractivity contribution in [3.05, 3.63) is 12.7 Å². The van der Waals surface area contributed by atoms with Crippen LogP contribution >= 0.6 is 0 Å². The monoisotopic (exact) mass is 223 g/mol. The summed E-state index contributed by atoms with van der Waals surface area (Å²) in [6.45, 7) is 2.20. The van der Waals surface area contributed by atoms with E-state index in [1.165, 1.54) is 6.33 Å². The van der Waals surface area contributed by atoms with Gasteiger partial charge in [-0.05, 0) is 6.92 Å². The van der Waals surface area contributed by atoms with Crippen molar-refractivity contribution in [3.63, 3.8) is 0 Å². The van der Waals surface area contributed by atoms with Crippen LogP contribution in [0.25, 0.3) is 11.2 Å². The highest BCUT2D eigenvalue weighted by Gasteiger charge is 2.07. The summed E-state index contributed by atoms with van der Waals surface area (Å²) in [7, 11) is 0. The van der Waals surface area contributed by atoms with Gasteiger partial charge < -0.3 is 15.6 Å². The fourth-order valence-corrected chi connectivity index (χ4v) is 1.31. The van der Waals surface area contributed by atoms with Gasteiger partial charge in [-0.1, -0.05) is 0 Å². The highest BCUT2D eigenvalue weighted by atomic mass is 16.5. The average molecular weight is 223 g/mol. The van der Waals surface area contributed by atoms with Gasteiger partial charge in [0.05, 0.1) is 19.0 Å². The standard InChI is InChI=1S/C9H13N5O2/c1-6(15)2-16-5-14-4-13-7-8(10)11-3-12-9(7)14/h3-4,6,15H,2,5H2,1H3,(H2,10,11,12). The Morgan fingerprint density at radius 3 is 3.06 bits per heavy atom. The Kier molecular flexibility index (Phi) is 2.97. The highest BCUT2D eigenvalue weighted by Crippen LogP contribution is 2.13. The first kappa shape index (κ1) is 10.8. The van der Waals surface area contributed by atoms with Gasteiger partial charge >= 0.3 is 0 Å². The maximum absolute atomic E-state index is 9.04. The molecule has 86 valence electrons. The summed E-state index contributed by atoms with van der Waals surface area (Å²) >= 11 is 0. The van der Waals surface area contributed by atoms with Crippen LogP contribution in [0.3, 0.4) is 0 Å². The Hall–Kier alpha value is -1.73. The van der Waals surface area contributed by atoms with E-state index >= 15 is 0 Å². The number of imidazole rings is 1. The molecule has 2 aromatic rings. The van der Waals surface area contributed by atoms with E-state index in [0.29, 0.717) is 17.0 Å². The van der Waals surface area contributed by atoms with Gasteiger partial charge in [0.1, 0.15) is 18.6 Å². The number of aliphatic hydroxyl groups is 1. The topological polar surface area (TPSA) is 99.1 Å². The van der Waals surface area contributed by atoms with E-state index in [1.807, 2.05) is 0 Å². The van der Waals surface area contributed by atoms with E-state index in [-0.39, 0.29) is 13.3 Å². The van der Waals surface area contributed by atoms with Gasteiger partial charge in [0, 0.05) is 0 Å². The zero-order chi connectivity index (χ0) is 11.5. The van der Waals surface area contributed by atoms with E-state index in [2.05, 4.69) is 15.0 Å². The molecule has 0 aliphatic rings. The van der Waals surface area contributed by atoms with Crippen molar-refractivity contribution >= 4 is 17.0 Å². The molecule has 2 heterocycles. The lowest BCUT2D eigenvalue weighted by Crippen LogP contribution is -2.12. The molecule has 0 saturated carbocycles. The van der Waals surface area contributed by atoms with E-state index in [4.69, 9.17) is 15.6 Å². The summed E-state index contributed by atoms with van der Waals surface area (Å²) in [6, 6.07) is 0. The molecule has 0 saturated heterocycles. The van der Waals surface area contributed by atoms with Gasteiger partial charge in [-0.25, -0.2) is 15.0 Å². The third kappa shape index (κ3) is 2.10. The van der Waals surface area contributed by atoms with Gasteiger partial charge in [0.2, 0.25) is 0 Å². The predicted molar refractivity (Wildman–Crippen MR) is 57.4 cm³/mol. The lowest BCUT2D eigenvalue weighted by atomic mass is 10.4. The molecule has 1 unspecified atom stereocenters. The van der Waals surface area contributed by atoms with E-state index in [1.54, 1.807) is 17.8 Å². The molecule has 2 aromatic heterocycles. The van der Waals surface area contributed by atoms with Crippen LogP contribution in [0.4, 0.5) is 5.82 Å². The largest absolute Gasteiger partial charge is 0.391 e. The fourth-order valence-electron chi connectivity index (χ4n) is 1.31. The van der Waals surface area contributed by atoms with Crippen LogP contribution in [0, 0.1) is 0 Å². The summed E-state index contributed by atoms with van der Waals surface area (Å²) in [5, 5.41) is 9.04. The molecule has 1 atom stereocenters. The number of ether oxygens (including phenoxy) is 1. The van der Waals surface area contributed by atoms with Crippen molar-refractivity contribution in [2.45, 2.75) is 19.8 Å². The molecular formula is C9H13N5O2. The molecule has 0 aliphatic carbocycles. The van der Waals surface area contributed by atoms with Crippen molar-refractivity contribution in [2.75, 3.05) is 12.3 Å². The van der Waals surface area contributed by atoms with Crippen molar-refractivity contribution < 1.29 is 9.84 Å². The van der Waals surface area contributed by atoms with Gasteiger partial charge in [-0.2, -0.15) is 0 Å². The van der Waals surface area contributed by atoms with Gasteiger partial charge in [0.25, 0.3) is 0 Å². The molecule has 0 spiro atoms. The number of hydrogen-bond acceptors (Lipinski definition) is 6. The smallest absolute Gasteiger partial charge is 0.167 e. The molecule has 7 nitrogen and oxygen atoms in total. The first-order valence-corrected chi connectivity index (χ1v) is 4.85. The number of nitrogens with zero attached hydrogens (tertiary/aromatic N) is 4. The van der Waals surface area contributed by atoms with Gasteiger partial charge in [-0.15, -0.1) is 0 Å². The van der Waals surface area contributed by atoms with Crippen LogP contribution in [-0.2, 0) is 11.5 Å². The maximum Gasteiger partial charge on any atom is 0.167 e. The van der Waals surface area contributed by atoms with Crippen molar-refractivity contribution in [1.29, 1.82) is 0 Å². The number of fused-ring (bicyclic) bond motifs is 1. The van der Waals surface area contributed by atoms with Crippen molar-refractivity contribution in [2.24, 2.45) is 0 Å². The minimum absolute atomic E-state index is 0.264. The highest BCUT2D eigenvalue weighted by molar-refractivity contribution is 5.80. The Balaban J connectivity index is 2.16. The minimum Gasteiger partial charge on any atom is -0.391 e. The first-order valence-electron chi connectivity index (χ1n) is 4.85. The molecule has 0 fully saturated rings. The average Bonchev–Trinajstić information content (AvgIpc) is 2.63. The fraction of sp³-hybridized carbons (Fsp3) is 0.444. The van der Waals surface area contributed by atoms with E-state index in [9.17, 15) is 0 Å². The molecule has 3 N–H and O–H groups in total. The zero-order valence-corrected chi connectivity index (χ0v) is 8.87. The van der Waals surface area contributed by atoms with Crippen LogP contribution < -0.4 is 5.73 Å². The molecule has 16 heavy (non-hydrogen) atoms. The van der Waals surface area contributed by atoms with Crippen LogP contribution in [0.2, 0.25) is 0 Å². The number of aliphatic hydroxyl groups excluding tert-OH is 1. The van der Waals surface area contributed by atoms with Gasteiger partial charge in [0.15, 0.2) is 11.5 Å². The first-order chi connectivity index (χ1) is 7.68. The second kappa shape index (κ2) is 4.42. The summed E-state index contributed by atoms with van der Waals surface area (Å²) < 4.78 is 6.96. The number of hydrogen-bond donors (Lipinski definition) is 2. The zero-order valence-electron chi connectivity index (χ0n) is 8.87. The quantitative estimate of drug-likeness (QED) is 0.742. The normalized spacial score (nSPS) is 13.1. The number of nitrogen functional groups attached to an aromatic ring is 1. The molecule has 2 rings (SSSR count). The lowest BCUT2D eigenvalue weighted by molar-refractivity contribution is 0.0139. The Labute approximate surface area is 91.9 Å². The molecule has 7 heteroatoms. The second-order valence-corrected chi connectivity index (χ2v) is 3.49. The molecule has 0 amide bonds. The molecule has 0 aliphatic heterocycles. The lowest BCUT2D eigenvalue weighted by Gasteiger charge is -2.07. The molecule has 0 radical (unpaired) electrons. The molecule has 0 aromatic carbocycles. The minimum atomic E-state index is -0.491. The summed E-state index contributed by atoms with van der Waals surface area (Å²) in [5.74, 6) is 0.347. The Morgan fingerprint density at radius 2 is 2.31 bits per heavy atom. The van der Waals surface area contributed by atoms with Crippen molar-refractivity contribution in [3.8, 4) is 0 Å². The summed E-state index contributed by atoms with van der Waals surface area (Å²) in [4.78, 5) is 12.0.